The number of rotatable bonds is 0. The summed E-state index contributed by atoms with van der Waals surface area (Å²) in [5.74, 6) is 0. The third kappa shape index (κ3) is 4.99. The van der Waals surface area contributed by atoms with Gasteiger partial charge < -0.3 is 0 Å². The predicted octanol–water partition coefficient (Wildman–Crippen LogP) is 3.42. The Kier molecular flexibility index (Phi) is 4.65. The molecule has 0 saturated carbocycles. The maximum Gasteiger partial charge on any atom is 0.0436 e. The van der Waals surface area contributed by atoms with Gasteiger partial charge in [-0.05, 0) is 12.1 Å². The van der Waals surface area contributed by atoms with Crippen LogP contribution in [0.2, 0.25) is 5.02 Å². The normalized spacial score (nSPS) is 8.38. The molecule has 0 saturated heterocycles. The highest BCUT2D eigenvalue weighted by Gasteiger charge is 1.75. The van der Waals surface area contributed by atoms with Gasteiger partial charge in [-0.1, -0.05) is 48.0 Å². The Hall–Kier alpha value is -1.34. The van der Waals surface area contributed by atoms with Crippen molar-refractivity contribution in [1.29, 1.82) is 0 Å². The maximum atomic E-state index is 5.50. The lowest BCUT2D eigenvalue weighted by Gasteiger charge is -1.79. The zero-order valence-electron chi connectivity index (χ0n) is 7.10. The highest BCUT2D eigenvalue weighted by Crippen LogP contribution is 2.01. The van der Waals surface area contributed by atoms with E-state index in [1.807, 2.05) is 36.4 Å². The largest absolute Gasteiger partial charge is 0.265 e. The second-order valence-electron chi connectivity index (χ2n) is 2.32. The fourth-order valence-electron chi connectivity index (χ4n) is 0.719. The van der Waals surface area contributed by atoms with Crippen molar-refractivity contribution in [3.8, 4) is 0 Å². The summed E-state index contributed by atoms with van der Waals surface area (Å²) in [6.45, 7) is 0. The van der Waals surface area contributed by atoms with Crippen molar-refractivity contribution in [3.05, 3.63) is 65.9 Å². The van der Waals surface area contributed by atoms with Crippen LogP contribution in [0, 0.1) is 0 Å². The van der Waals surface area contributed by atoms with Crippen molar-refractivity contribution in [2.45, 2.75) is 0 Å². The molecule has 1 aromatic heterocycles. The second kappa shape index (κ2) is 6.21. The van der Waals surface area contributed by atoms with E-state index in [0.717, 1.165) is 5.02 Å². The van der Waals surface area contributed by atoms with Crippen LogP contribution in [0.4, 0.5) is 0 Å². The highest BCUT2D eigenvalue weighted by molar-refractivity contribution is 6.30. The van der Waals surface area contributed by atoms with Gasteiger partial charge in [0.1, 0.15) is 0 Å². The van der Waals surface area contributed by atoms with Gasteiger partial charge in [-0.3, -0.25) is 4.98 Å². The number of aromatic nitrogens is 1. The standard InChI is InChI=1S/C6H6.C5H4ClN/c1-2-4-6-5-3-1;6-5-1-3-7-4-2-5/h1-6H;1-4H. The molecule has 1 heterocycles. The number of hydrogen-bond acceptors (Lipinski definition) is 1. The molecule has 0 aliphatic heterocycles. The average Bonchev–Trinajstić information content (AvgIpc) is 2.22. The van der Waals surface area contributed by atoms with Crippen LogP contribution in [-0.2, 0) is 0 Å². The van der Waals surface area contributed by atoms with E-state index in [-0.39, 0.29) is 0 Å². The molecule has 0 atom stereocenters. The van der Waals surface area contributed by atoms with Crippen LogP contribution in [0.1, 0.15) is 0 Å². The first-order valence-electron chi connectivity index (χ1n) is 3.95. The number of benzene rings is 1. The molecular formula is C11H10ClN. The van der Waals surface area contributed by atoms with Crippen molar-refractivity contribution in [2.24, 2.45) is 0 Å². The topological polar surface area (TPSA) is 12.9 Å². The monoisotopic (exact) mass is 191 g/mol. The SMILES string of the molecule is Clc1ccncc1.c1ccccc1. The van der Waals surface area contributed by atoms with E-state index in [2.05, 4.69) is 4.98 Å². The van der Waals surface area contributed by atoms with Gasteiger partial charge in [0.25, 0.3) is 0 Å². The summed E-state index contributed by atoms with van der Waals surface area (Å²) < 4.78 is 0. The molecule has 0 bridgehead atoms. The average molecular weight is 192 g/mol. The molecule has 0 fully saturated rings. The lowest BCUT2D eigenvalue weighted by molar-refractivity contribution is 1.33. The fraction of sp³-hybridized carbons (Fsp3) is 0. The van der Waals surface area contributed by atoms with Crippen LogP contribution < -0.4 is 0 Å². The Labute approximate surface area is 83.0 Å². The molecule has 0 unspecified atom stereocenters. The lowest BCUT2D eigenvalue weighted by atomic mass is 10.4. The number of halogens is 1. The summed E-state index contributed by atoms with van der Waals surface area (Å²) in [6, 6.07) is 15.5. The van der Waals surface area contributed by atoms with Crippen molar-refractivity contribution >= 4 is 11.6 Å². The lowest BCUT2D eigenvalue weighted by Crippen LogP contribution is -1.63. The molecule has 66 valence electrons. The van der Waals surface area contributed by atoms with Crippen molar-refractivity contribution in [2.75, 3.05) is 0 Å². The molecule has 0 radical (unpaired) electrons. The molecule has 0 aliphatic rings. The van der Waals surface area contributed by atoms with E-state index in [9.17, 15) is 0 Å². The molecule has 0 N–H and O–H groups in total. The van der Waals surface area contributed by atoms with Crippen LogP contribution in [-0.4, -0.2) is 4.98 Å². The van der Waals surface area contributed by atoms with Crippen LogP contribution in [0.15, 0.2) is 60.9 Å². The smallest absolute Gasteiger partial charge is 0.0436 e. The molecule has 0 amide bonds. The van der Waals surface area contributed by atoms with Gasteiger partial charge in [-0.25, -0.2) is 0 Å². The molecule has 0 aliphatic carbocycles. The summed E-state index contributed by atoms with van der Waals surface area (Å²) in [5, 5.41) is 0.731. The van der Waals surface area contributed by atoms with Crippen molar-refractivity contribution in [1.82, 2.24) is 4.98 Å². The van der Waals surface area contributed by atoms with E-state index >= 15 is 0 Å². The van der Waals surface area contributed by atoms with Crippen LogP contribution in [0.5, 0.6) is 0 Å². The van der Waals surface area contributed by atoms with Crippen LogP contribution >= 0.6 is 11.6 Å². The first-order valence-corrected chi connectivity index (χ1v) is 4.33. The molecular weight excluding hydrogens is 182 g/mol. The van der Waals surface area contributed by atoms with Gasteiger partial charge in [-0.15, -0.1) is 0 Å². The Bertz CT molecular complexity index is 281. The Morgan fingerprint density at radius 3 is 1.38 bits per heavy atom. The summed E-state index contributed by atoms with van der Waals surface area (Å²) in [4.78, 5) is 3.76. The van der Waals surface area contributed by atoms with E-state index in [0.29, 0.717) is 0 Å². The van der Waals surface area contributed by atoms with E-state index in [1.54, 1.807) is 24.5 Å². The molecule has 2 aromatic rings. The minimum atomic E-state index is 0.731. The first kappa shape index (κ1) is 9.75. The van der Waals surface area contributed by atoms with Gasteiger partial charge in [0.15, 0.2) is 0 Å². The van der Waals surface area contributed by atoms with Gasteiger partial charge >= 0.3 is 0 Å². The van der Waals surface area contributed by atoms with Gasteiger partial charge in [0.05, 0.1) is 0 Å². The molecule has 13 heavy (non-hydrogen) atoms. The summed E-state index contributed by atoms with van der Waals surface area (Å²) in [7, 11) is 0. The van der Waals surface area contributed by atoms with E-state index in [1.165, 1.54) is 0 Å². The third-order valence-electron chi connectivity index (χ3n) is 1.31. The van der Waals surface area contributed by atoms with E-state index < -0.39 is 0 Å². The minimum absolute atomic E-state index is 0.731. The Balaban J connectivity index is 0.000000132. The Morgan fingerprint density at radius 1 is 0.769 bits per heavy atom. The molecule has 1 aromatic carbocycles. The summed E-state index contributed by atoms with van der Waals surface area (Å²) >= 11 is 5.50. The number of hydrogen-bond donors (Lipinski definition) is 0. The Morgan fingerprint density at radius 2 is 1.15 bits per heavy atom. The predicted molar refractivity (Wildman–Crippen MR) is 55.7 cm³/mol. The zero-order valence-corrected chi connectivity index (χ0v) is 7.85. The van der Waals surface area contributed by atoms with Crippen molar-refractivity contribution < 1.29 is 0 Å². The summed E-state index contributed by atoms with van der Waals surface area (Å²) in [5.41, 5.74) is 0. The van der Waals surface area contributed by atoms with E-state index in [4.69, 9.17) is 11.6 Å². The molecule has 2 heteroatoms. The highest BCUT2D eigenvalue weighted by atomic mass is 35.5. The molecule has 1 nitrogen and oxygen atoms in total. The van der Waals surface area contributed by atoms with Gasteiger partial charge in [0.2, 0.25) is 0 Å². The minimum Gasteiger partial charge on any atom is -0.265 e. The van der Waals surface area contributed by atoms with Crippen LogP contribution in [0.3, 0.4) is 0 Å². The van der Waals surface area contributed by atoms with Gasteiger partial charge in [0, 0.05) is 17.4 Å². The zero-order chi connectivity index (χ0) is 9.36. The maximum absolute atomic E-state index is 5.50. The fourth-order valence-corrected chi connectivity index (χ4v) is 0.831. The van der Waals surface area contributed by atoms with Gasteiger partial charge in [-0.2, -0.15) is 0 Å². The quantitative estimate of drug-likeness (QED) is 0.622. The molecule has 2 rings (SSSR count). The third-order valence-corrected chi connectivity index (χ3v) is 1.56. The number of nitrogens with zero attached hydrogens (tertiary/aromatic N) is 1. The van der Waals surface area contributed by atoms with Crippen LogP contribution in [0.25, 0.3) is 0 Å². The first-order chi connectivity index (χ1) is 6.39. The summed E-state index contributed by atoms with van der Waals surface area (Å²) in [6.07, 6.45) is 3.31. The number of pyridine rings is 1. The second-order valence-corrected chi connectivity index (χ2v) is 2.76. The van der Waals surface area contributed by atoms with Crippen molar-refractivity contribution in [3.63, 3.8) is 0 Å². The molecule has 0 spiro atoms.